The van der Waals surface area contributed by atoms with Crippen molar-refractivity contribution in [1.82, 2.24) is 19.7 Å². The summed E-state index contributed by atoms with van der Waals surface area (Å²) in [6.07, 6.45) is -0.135. The number of imidazole rings is 1. The molecule has 1 aliphatic rings. The van der Waals surface area contributed by atoms with Crippen LogP contribution in [0.2, 0.25) is 0 Å². The highest BCUT2D eigenvalue weighted by Crippen LogP contribution is 2.34. The lowest BCUT2D eigenvalue weighted by atomic mass is 9.73. The van der Waals surface area contributed by atoms with E-state index in [1.807, 2.05) is 18.2 Å². The number of nitrogens with one attached hydrogen (secondary N) is 2. The Morgan fingerprint density at radius 2 is 1.85 bits per heavy atom. The van der Waals surface area contributed by atoms with Crippen molar-refractivity contribution in [2.75, 3.05) is 25.0 Å². The van der Waals surface area contributed by atoms with E-state index in [0.29, 0.717) is 12.5 Å². The summed E-state index contributed by atoms with van der Waals surface area (Å²) in [5.74, 6) is 0.365. The number of nitrogens with zero attached hydrogens (tertiary/aromatic N) is 3. The number of aromatic nitrogens is 3. The molecule has 1 aliphatic heterocycles. The van der Waals surface area contributed by atoms with Gasteiger partial charge in [0, 0.05) is 24.4 Å². The third-order valence-corrected chi connectivity index (χ3v) is 5.20. The largest absolute Gasteiger partial charge is 0.434 e. The summed E-state index contributed by atoms with van der Waals surface area (Å²) in [7, 11) is 0. The van der Waals surface area contributed by atoms with Gasteiger partial charge in [-0.15, -0.1) is 0 Å². The van der Waals surface area contributed by atoms with E-state index < -0.39 is 11.9 Å². The fourth-order valence-electron chi connectivity index (χ4n) is 3.70. The van der Waals surface area contributed by atoms with Crippen molar-refractivity contribution >= 4 is 11.6 Å². The molecule has 4 rings (SSSR count). The Morgan fingerprint density at radius 3 is 2.56 bits per heavy atom. The molecule has 0 bridgehead atoms. The minimum atomic E-state index is -4.48. The molecule has 1 saturated heterocycles. The van der Waals surface area contributed by atoms with Crippen LogP contribution < -0.4 is 10.6 Å². The molecule has 0 atom stereocenters. The second-order valence-electron chi connectivity index (χ2n) is 6.87. The average Bonchev–Trinajstić information content (AvgIpc) is 3.13. The molecule has 2 aromatic heterocycles. The van der Waals surface area contributed by atoms with Crippen molar-refractivity contribution < 1.29 is 13.2 Å². The summed E-state index contributed by atoms with van der Waals surface area (Å²) in [5.41, 5.74) is 0.439. The lowest BCUT2D eigenvalue weighted by molar-refractivity contribution is -0.140. The van der Waals surface area contributed by atoms with E-state index in [-0.39, 0.29) is 11.1 Å². The van der Waals surface area contributed by atoms with Crippen LogP contribution in [0.5, 0.6) is 0 Å². The van der Waals surface area contributed by atoms with Crippen LogP contribution in [-0.2, 0) is 11.6 Å². The van der Waals surface area contributed by atoms with Gasteiger partial charge in [-0.25, -0.2) is 9.97 Å². The molecule has 27 heavy (non-hydrogen) atoms. The van der Waals surface area contributed by atoms with Gasteiger partial charge in [-0.05, 0) is 37.6 Å². The zero-order chi connectivity index (χ0) is 18.9. The number of benzene rings is 1. The number of halogens is 3. The van der Waals surface area contributed by atoms with Crippen LogP contribution in [0.15, 0.2) is 48.8 Å². The van der Waals surface area contributed by atoms with Gasteiger partial charge < -0.3 is 10.6 Å². The Morgan fingerprint density at radius 1 is 1.11 bits per heavy atom. The number of piperidine rings is 1. The first-order chi connectivity index (χ1) is 13.0. The molecule has 0 spiro atoms. The van der Waals surface area contributed by atoms with Crippen LogP contribution in [0.25, 0.3) is 5.65 Å². The summed E-state index contributed by atoms with van der Waals surface area (Å²) in [6.45, 7) is 2.39. The van der Waals surface area contributed by atoms with Crippen LogP contribution in [0.4, 0.5) is 19.1 Å². The van der Waals surface area contributed by atoms with Crippen molar-refractivity contribution in [3.05, 3.63) is 60.0 Å². The first-order valence-corrected chi connectivity index (χ1v) is 8.89. The van der Waals surface area contributed by atoms with E-state index in [1.165, 1.54) is 22.2 Å². The number of anilines is 1. The number of alkyl halides is 3. The van der Waals surface area contributed by atoms with Gasteiger partial charge in [0.25, 0.3) is 0 Å². The number of hydrogen-bond donors (Lipinski definition) is 2. The Labute approximate surface area is 154 Å². The first-order valence-electron chi connectivity index (χ1n) is 8.89. The molecule has 8 heteroatoms. The van der Waals surface area contributed by atoms with E-state index in [4.69, 9.17) is 0 Å². The molecular weight excluding hydrogens is 355 g/mol. The third-order valence-electron chi connectivity index (χ3n) is 5.20. The summed E-state index contributed by atoms with van der Waals surface area (Å²) < 4.78 is 40.3. The number of hydrogen-bond acceptors (Lipinski definition) is 4. The third kappa shape index (κ3) is 3.49. The van der Waals surface area contributed by atoms with Gasteiger partial charge in [-0.2, -0.15) is 13.2 Å². The van der Waals surface area contributed by atoms with E-state index in [2.05, 4.69) is 32.7 Å². The molecule has 0 radical (unpaired) electrons. The maximum atomic E-state index is 13.0. The van der Waals surface area contributed by atoms with Crippen LogP contribution >= 0.6 is 0 Å². The smallest absolute Gasteiger partial charge is 0.354 e. The Hall–Kier alpha value is -2.61. The number of rotatable bonds is 4. The lowest BCUT2D eigenvalue weighted by Gasteiger charge is -2.38. The highest BCUT2D eigenvalue weighted by atomic mass is 19.4. The van der Waals surface area contributed by atoms with Crippen LogP contribution in [-0.4, -0.2) is 34.0 Å². The lowest BCUT2D eigenvalue weighted by Crippen LogP contribution is -2.44. The normalized spacial score (nSPS) is 17.1. The monoisotopic (exact) mass is 375 g/mol. The van der Waals surface area contributed by atoms with E-state index in [9.17, 15) is 13.2 Å². The molecule has 0 saturated carbocycles. The Balaban J connectivity index is 1.64. The second-order valence-corrected chi connectivity index (χ2v) is 6.87. The van der Waals surface area contributed by atoms with Gasteiger partial charge in [0.1, 0.15) is 5.65 Å². The van der Waals surface area contributed by atoms with Gasteiger partial charge in [-0.1, -0.05) is 30.3 Å². The van der Waals surface area contributed by atoms with E-state index in [0.717, 1.165) is 32.1 Å². The van der Waals surface area contributed by atoms with Gasteiger partial charge in [0.15, 0.2) is 5.69 Å². The predicted molar refractivity (Wildman–Crippen MR) is 96.7 cm³/mol. The van der Waals surface area contributed by atoms with Gasteiger partial charge in [0.2, 0.25) is 5.95 Å². The molecule has 0 aliphatic carbocycles. The topological polar surface area (TPSA) is 54.2 Å². The van der Waals surface area contributed by atoms with Crippen molar-refractivity contribution in [3.63, 3.8) is 0 Å². The Bertz CT molecular complexity index is 914. The van der Waals surface area contributed by atoms with Crippen molar-refractivity contribution in [2.24, 2.45) is 0 Å². The summed E-state index contributed by atoms with van der Waals surface area (Å²) in [6, 6.07) is 11.7. The van der Waals surface area contributed by atoms with Crippen LogP contribution in [0, 0.1) is 0 Å². The highest BCUT2D eigenvalue weighted by Gasteiger charge is 2.35. The summed E-state index contributed by atoms with van der Waals surface area (Å²) in [4.78, 5) is 7.90. The van der Waals surface area contributed by atoms with Crippen molar-refractivity contribution in [3.8, 4) is 0 Å². The fraction of sp³-hybridized carbons (Fsp3) is 0.368. The fourth-order valence-corrected chi connectivity index (χ4v) is 3.70. The molecule has 0 unspecified atom stereocenters. The van der Waals surface area contributed by atoms with Crippen molar-refractivity contribution in [1.29, 1.82) is 0 Å². The first kappa shape index (κ1) is 17.8. The standard InChI is InChI=1S/C19H20F3N5/c20-19(21,22)15-12-27-16(26-15)6-9-24-17(27)25-13-18(7-10-23-11-8-18)14-4-2-1-3-5-14/h1-6,9,12,23H,7-8,10-11,13H2,(H,24,25). The Kier molecular flexibility index (Phi) is 4.51. The maximum absolute atomic E-state index is 13.0. The van der Waals surface area contributed by atoms with E-state index in [1.54, 1.807) is 0 Å². The van der Waals surface area contributed by atoms with Gasteiger partial charge in [-0.3, -0.25) is 4.40 Å². The minimum Gasteiger partial charge on any atom is -0.354 e. The quantitative estimate of drug-likeness (QED) is 0.733. The maximum Gasteiger partial charge on any atom is 0.434 e. The van der Waals surface area contributed by atoms with Gasteiger partial charge in [0.05, 0.1) is 0 Å². The zero-order valence-electron chi connectivity index (χ0n) is 14.6. The highest BCUT2D eigenvalue weighted by molar-refractivity contribution is 5.47. The van der Waals surface area contributed by atoms with E-state index >= 15 is 0 Å². The molecule has 5 nitrogen and oxygen atoms in total. The average molecular weight is 375 g/mol. The molecule has 3 aromatic rings. The zero-order valence-corrected chi connectivity index (χ0v) is 14.6. The number of fused-ring (bicyclic) bond motifs is 1. The second kappa shape index (κ2) is 6.84. The molecule has 1 fully saturated rings. The minimum absolute atomic E-state index is 0.0935. The van der Waals surface area contributed by atoms with Gasteiger partial charge >= 0.3 is 6.18 Å². The predicted octanol–water partition coefficient (Wildman–Crippen LogP) is 3.48. The molecule has 0 amide bonds. The summed E-state index contributed by atoms with van der Waals surface area (Å²) >= 11 is 0. The molecule has 1 aromatic carbocycles. The van der Waals surface area contributed by atoms with Crippen LogP contribution in [0.3, 0.4) is 0 Å². The molecule has 142 valence electrons. The molecule has 3 heterocycles. The van der Waals surface area contributed by atoms with Crippen molar-refractivity contribution in [2.45, 2.75) is 24.4 Å². The summed E-state index contributed by atoms with van der Waals surface area (Å²) in [5, 5.41) is 6.65. The molecule has 2 N–H and O–H groups in total. The molecular formula is C19H20F3N5. The van der Waals surface area contributed by atoms with Crippen LogP contribution in [0.1, 0.15) is 24.1 Å². The SMILES string of the molecule is FC(F)(F)c1cn2c(NCC3(c4ccccc4)CCNCC3)nccc2n1.